The van der Waals surface area contributed by atoms with Crippen LogP contribution in [0.2, 0.25) is 10.0 Å². The van der Waals surface area contributed by atoms with Gasteiger partial charge in [-0.3, -0.25) is 0 Å². The third-order valence-corrected chi connectivity index (χ3v) is 3.23. The molecular formula is C11H15Cl2N3. The summed E-state index contributed by atoms with van der Waals surface area (Å²) < 4.78 is 0. The number of hydrogen-bond donors (Lipinski definition) is 1. The van der Waals surface area contributed by atoms with E-state index in [1.165, 1.54) is 12.8 Å². The molecule has 1 aliphatic heterocycles. The maximum absolute atomic E-state index is 6.17. The Bertz CT molecular complexity index is 376. The van der Waals surface area contributed by atoms with Crippen LogP contribution in [0.25, 0.3) is 0 Å². The molecule has 1 saturated heterocycles. The first-order chi connectivity index (χ1) is 7.72. The summed E-state index contributed by atoms with van der Waals surface area (Å²) in [7, 11) is 0. The van der Waals surface area contributed by atoms with Crippen molar-refractivity contribution < 1.29 is 0 Å². The molecule has 1 aliphatic rings. The normalized spacial score (nSPS) is 15.6. The minimum Gasteiger partial charge on any atom is -0.369 e. The molecule has 1 aromatic rings. The number of nitrogens with one attached hydrogen (secondary N) is 1. The Balaban J connectivity index is 2.32. The summed E-state index contributed by atoms with van der Waals surface area (Å²) in [6, 6.07) is 1.77. The van der Waals surface area contributed by atoms with E-state index in [-0.39, 0.29) is 0 Å². The van der Waals surface area contributed by atoms with Gasteiger partial charge in [0.15, 0.2) is 0 Å². The summed E-state index contributed by atoms with van der Waals surface area (Å²) in [6.07, 6.45) is 2.41. The molecule has 0 aliphatic carbocycles. The molecule has 16 heavy (non-hydrogen) atoms. The first kappa shape index (κ1) is 11.8. The molecule has 1 fully saturated rings. The maximum Gasteiger partial charge on any atom is 0.149 e. The fourth-order valence-corrected chi connectivity index (χ4v) is 2.44. The lowest BCUT2D eigenvalue weighted by Crippen LogP contribution is -2.20. The van der Waals surface area contributed by atoms with E-state index in [0.29, 0.717) is 10.0 Å². The summed E-state index contributed by atoms with van der Waals surface area (Å²) in [5.41, 5.74) is 0. The average Bonchev–Trinajstić information content (AvgIpc) is 2.75. The van der Waals surface area contributed by atoms with Gasteiger partial charge in [-0.2, -0.15) is 0 Å². The SMILES string of the molecule is CCNc1nc(N2CCCC2)c(Cl)cc1Cl. The fraction of sp³-hybridized carbons (Fsp3) is 0.545. The Morgan fingerprint density at radius 2 is 2.00 bits per heavy atom. The molecule has 3 nitrogen and oxygen atoms in total. The summed E-state index contributed by atoms with van der Waals surface area (Å²) in [6.45, 7) is 4.87. The van der Waals surface area contributed by atoms with E-state index in [9.17, 15) is 0 Å². The van der Waals surface area contributed by atoms with Gasteiger partial charge in [-0.15, -0.1) is 0 Å². The van der Waals surface area contributed by atoms with E-state index in [1.54, 1.807) is 6.07 Å². The predicted molar refractivity (Wildman–Crippen MR) is 69.9 cm³/mol. The van der Waals surface area contributed by atoms with Gasteiger partial charge in [0.2, 0.25) is 0 Å². The van der Waals surface area contributed by atoms with Crippen molar-refractivity contribution in [3.05, 3.63) is 16.1 Å². The number of nitrogens with zero attached hydrogens (tertiary/aromatic N) is 2. The Hall–Kier alpha value is -0.670. The number of anilines is 2. The molecule has 0 unspecified atom stereocenters. The van der Waals surface area contributed by atoms with Crippen molar-refractivity contribution in [1.82, 2.24) is 4.98 Å². The van der Waals surface area contributed by atoms with E-state index in [2.05, 4.69) is 15.2 Å². The van der Waals surface area contributed by atoms with Crippen LogP contribution in [0.4, 0.5) is 11.6 Å². The molecule has 0 amide bonds. The molecule has 0 atom stereocenters. The largest absolute Gasteiger partial charge is 0.369 e. The lowest BCUT2D eigenvalue weighted by Gasteiger charge is -2.19. The lowest BCUT2D eigenvalue weighted by molar-refractivity contribution is 0.937. The molecule has 1 N–H and O–H groups in total. The highest BCUT2D eigenvalue weighted by Gasteiger charge is 2.18. The van der Waals surface area contributed by atoms with E-state index in [1.807, 2.05) is 6.92 Å². The minimum absolute atomic E-state index is 0.579. The number of rotatable bonds is 3. The first-order valence-electron chi connectivity index (χ1n) is 5.57. The van der Waals surface area contributed by atoms with E-state index < -0.39 is 0 Å². The van der Waals surface area contributed by atoms with Gasteiger partial charge in [0.05, 0.1) is 10.0 Å². The summed E-state index contributed by atoms with van der Waals surface area (Å²) in [5.74, 6) is 1.56. The fourth-order valence-electron chi connectivity index (χ4n) is 1.90. The van der Waals surface area contributed by atoms with Gasteiger partial charge in [-0.25, -0.2) is 4.98 Å². The number of hydrogen-bond acceptors (Lipinski definition) is 3. The van der Waals surface area contributed by atoms with Gasteiger partial charge in [0, 0.05) is 19.6 Å². The van der Waals surface area contributed by atoms with Crippen LogP contribution < -0.4 is 10.2 Å². The van der Waals surface area contributed by atoms with E-state index in [0.717, 1.165) is 31.3 Å². The molecule has 2 heterocycles. The van der Waals surface area contributed by atoms with E-state index >= 15 is 0 Å². The van der Waals surface area contributed by atoms with Crippen LogP contribution in [0, 0.1) is 0 Å². The highest BCUT2D eigenvalue weighted by Crippen LogP contribution is 2.32. The van der Waals surface area contributed by atoms with Crippen LogP contribution in [-0.4, -0.2) is 24.6 Å². The molecular weight excluding hydrogens is 245 g/mol. The zero-order chi connectivity index (χ0) is 11.5. The Kier molecular flexibility index (Phi) is 3.77. The van der Waals surface area contributed by atoms with Gasteiger partial charge in [-0.1, -0.05) is 23.2 Å². The van der Waals surface area contributed by atoms with Gasteiger partial charge in [0.1, 0.15) is 11.6 Å². The van der Waals surface area contributed by atoms with E-state index in [4.69, 9.17) is 23.2 Å². The Labute approximate surface area is 106 Å². The van der Waals surface area contributed by atoms with Crippen LogP contribution in [0.3, 0.4) is 0 Å². The van der Waals surface area contributed by atoms with Crippen LogP contribution >= 0.6 is 23.2 Å². The van der Waals surface area contributed by atoms with Gasteiger partial charge < -0.3 is 10.2 Å². The summed E-state index contributed by atoms with van der Waals surface area (Å²) in [5, 5.41) is 4.35. The zero-order valence-electron chi connectivity index (χ0n) is 9.26. The van der Waals surface area contributed by atoms with Crippen molar-refractivity contribution in [2.75, 3.05) is 29.9 Å². The van der Waals surface area contributed by atoms with Crippen molar-refractivity contribution >= 4 is 34.8 Å². The number of halogens is 2. The van der Waals surface area contributed by atoms with Crippen LogP contribution in [0.1, 0.15) is 19.8 Å². The second-order valence-corrected chi connectivity index (χ2v) is 4.66. The molecule has 2 rings (SSSR count). The minimum atomic E-state index is 0.579. The highest BCUT2D eigenvalue weighted by molar-refractivity contribution is 6.37. The third kappa shape index (κ3) is 2.36. The van der Waals surface area contributed by atoms with Gasteiger partial charge in [-0.05, 0) is 25.8 Å². The van der Waals surface area contributed by atoms with Crippen molar-refractivity contribution in [1.29, 1.82) is 0 Å². The zero-order valence-corrected chi connectivity index (χ0v) is 10.8. The third-order valence-electron chi connectivity index (χ3n) is 2.66. The second kappa shape index (κ2) is 5.11. The summed E-state index contributed by atoms with van der Waals surface area (Å²) >= 11 is 12.2. The van der Waals surface area contributed by atoms with Crippen molar-refractivity contribution in [2.45, 2.75) is 19.8 Å². The average molecular weight is 260 g/mol. The lowest BCUT2D eigenvalue weighted by atomic mass is 10.4. The highest BCUT2D eigenvalue weighted by atomic mass is 35.5. The molecule has 0 radical (unpaired) electrons. The first-order valence-corrected chi connectivity index (χ1v) is 6.33. The Morgan fingerprint density at radius 3 is 2.62 bits per heavy atom. The molecule has 0 bridgehead atoms. The van der Waals surface area contributed by atoms with Gasteiger partial charge >= 0.3 is 0 Å². The Morgan fingerprint density at radius 1 is 1.31 bits per heavy atom. The molecule has 5 heteroatoms. The number of aromatic nitrogens is 1. The summed E-state index contributed by atoms with van der Waals surface area (Å²) in [4.78, 5) is 6.70. The monoisotopic (exact) mass is 259 g/mol. The maximum atomic E-state index is 6.17. The van der Waals surface area contributed by atoms with Crippen LogP contribution in [-0.2, 0) is 0 Å². The smallest absolute Gasteiger partial charge is 0.149 e. The van der Waals surface area contributed by atoms with Crippen LogP contribution in [0.15, 0.2) is 6.07 Å². The van der Waals surface area contributed by atoms with Crippen molar-refractivity contribution in [3.63, 3.8) is 0 Å². The van der Waals surface area contributed by atoms with Crippen molar-refractivity contribution in [2.24, 2.45) is 0 Å². The molecule has 0 aromatic carbocycles. The second-order valence-electron chi connectivity index (χ2n) is 3.85. The number of pyridine rings is 1. The van der Waals surface area contributed by atoms with Gasteiger partial charge in [0.25, 0.3) is 0 Å². The molecule has 88 valence electrons. The standard InChI is InChI=1S/C11H15Cl2N3/c1-2-14-10-8(12)7-9(13)11(15-10)16-5-3-4-6-16/h7H,2-6H2,1H3,(H,14,15). The van der Waals surface area contributed by atoms with Crippen molar-refractivity contribution in [3.8, 4) is 0 Å². The molecule has 0 saturated carbocycles. The predicted octanol–water partition coefficient (Wildman–Crippen LogP) is 3.42. The molecule has 1 aromatic heterocycles. The van der Waals surface area contributed by atoms with Crippen LogP contribution in [0.5, 0.6) is 0 Å². The topological polar surface area (TPSA) is 28.2 Å². The molecule has 0 spiro atoms. The quantitative estimate of drug-likeness (QED) is 0.902.